The summed E-state index contributed by atoms with van der Waals surface area (Å²) in [5, 5.41) is 19.5. The number of carboxylic acids is 2. The Hall–Kier alpha value is -1.50. The van der Waals surface area contributed by atoms with Crippen LogP contribution in [0.4, 0.5) is 0 Å². The fourth-order valence-corrected chi connectivity index (χ4v) is 1.55. The predicted molar refractivity (Wildman–Crippen MR) is 64.0 cm³/mol. The molecule has 0 saturated carbocycles. The highest BCUT2D eigenvalue weighted by atomic mass is 32.2. The number of carboxylic acid groups (broad SMARTS) is 2. The molecule has 0 rings (SSSR count). The van der Waals surface area contributed by atoms with Crippen LogP contribution in [0.15, 0.2) is 12.7 Å². The van der Waals surface area contributed by atoms with Crippen molar-refractivity contribution in [2.24, 2.45) is 0 Å². The molecule has 1 atom stereocenters. The van der Waals surface area contributed by atoms with E-state index in [0.717, 1.165) is 0 Å². The summed E-state index contributed by atoms with van der Waals surface area (Å²) >= 11 is 1.30. The lowest BCUT2D eigenvalue weighted by atomic mass is 10.1. The monoisotopic (exact) mass is 261 g/mol. The van der Waals surface area contributed by atoms with Crippen molar-refractivity contribution in [2.75, 3.05) is 11.5 Å². The van der Waals surface area contributed by atoms with Crippen molar-refractivity contribution in [3.05, 3.63) is 12.7 Å². The quantitative estimate of drug-likeness (QED) is 0.408. The summed E-state index contributed by atoms with van der Waals surface area (Å²) in [6.45, 7) is 3.48. The first-order chi connectivity index (χ1) is 7.97. The van der Waals surface area contributed by atoms with Crippen molar-refractivity contribution in [3.63, 3.8) is 0 Å². The van der Waals surface area contributed by atoms with Crippen LogP contribution in [0.25, 0.3) is 0 Å². The van der Waals surface area contributed by atoms with Crippen LogP contribution in [-0.2, 0) is 14.4 Å². The number of thioether (sulfide) groups is 1. The van der Waals surface area contributed by atoms with Gasteiger partial charge in [0.05, 0.1) is 5.75 Å². The SMILES string of the molecule is C=CCSCC(=O)NC(CCC(=O)O)C(=O)O. The Morgan fingerprint density at radius 2 is 2.00 bits per heavy atom. The lowest BCUT2D eigenvalue weighted by Gasteiger charge is -2.12. The van der Waals surface area contributed by atoms with Gasteiger partial charge < -0.3 is 15.5 Å². The first-order valence-electron chi connectivity index (χ1n) is 4.90. The Labute approximate surface area is 103 Å². The van der Waals surface area contributed by atoms with Crippen LogP contribution in [0.2, 0.25) is 0 Å². The molecule has 1 amide bonds. The van der Waals surface area contributed by atoms with E-state index in [1.54, 1.807) is 6.08 Å². The van der Waals surface area contributed by atoms with Crippen molar-refractivity contribution in [1.29, 1.82) is 0 Å². The third-order valence-corrected chi connectivity index (χ3v) is 2.69. The molecule has 7 heteroatoms. The molecule has 0 aromatic carbocycles. The van der Waals surface area contributed by atoms with Crippen LogP contribution < -0.4 is 5.32 Å². The summed E-state index contributed by atoms with van der Waals surface area (Å²) in [4.78, 5) is 32.3. The van der Waals surface area contributed by atoms with Crippen LogP contribution in [0, 0.1) is 0 Å². The highest BCUT2D eigenvalue weighted by Crippen LogP contribution is 2.02. The molecular weight excluding hydrogens is 246 g/mol. The largest absolute Gasteiger partial charge is 0.481 e. The molecular formula is C10H15NO5S. The first kappa shape index (κ1) is 15.5. The minimum absolute atomic E-state index is 0.122. The third-order valence-electron chi connectivity index (χ3n) is 1.75. The van der Waals surface area contributed by atoms with Crippen molar-refractivity contribution in [2.45, 2.75) is 18.9 Å². The van der Waals surface area contributed by atoms with Gasteiger partial charge >= 0.3 is 11.9 Å². The Balaban J connectivity index is 4.06. The van der Waals surface area contributed by atoms with E-state index >= 15 is 0 Å². The molecule has 0 bridgehead atoms. The van der Waals surface area contributed by atoms with Crippen LogP contribution in [0.1, 0.15) is 12.8 Å². The van der Waals surface area contributed by atoms with E-state index in [-0.39, 0.29) is 18.6 Å². The maximum atomic E-state index is 11.3. The topological polar surface area (TPSA) is 104 Å². The first-order valence-corrected chi connectivity index (χ1v) is 6.05. The molecule has 0 aliphatic carbocycles. The predicted octanol–water partition coefficient (Wildman–Crippen LogP) is 0.340. The lowest BCUT2D eigenvalue weighted by Crippen LogP contribution is -2.42. The van der Waals surface area contributed by atoms with Crippen molar-refractivity contribution < 1.29 is 24.6 Å². The third kappa shape index (κ3) is 8.32. The van der Waals surface area contributed by atoms with Gasteiger partial charge in [0.2, 0.25) is 5.91 Å². The molecule has 0 heterocycles. The van der Waals surface area contributed by atoms with E-state index in [4.69, 9.17) is 10.2 Å². The molecule has 0 aromatic heterocycles. The Bertz CT molecular complexity index is 305. The number of rotatable bonds is 9. The van der Waals surface area contributed by atoms with Gasteiger partial charge in [0, 0.05) is 12.2 Å². The number of hydrogen-bond acceptors (Lipinski definition) is 4. The highest BCUT2D eigenvalue weighted by Gasteiger charge is 2.20. The molecule has 6 nitrogen and oxygen atoms in total. The summed E-state index contributed by atoms with van der Waals surface area (Å²) in [6.07, 6.45) is 1.22. The second-order valence-corrected chi connectivity index (χ2v) is 4.22. The van der Waals surface area contributed by atoms with Crippen LogP contribution in [-0.4, -0.2) is 45.6 Å². The molecule has 96 valence electrons. The van der Waals surface area contributed by atoms with E-state index in [9.17, 15) is 14.4 Å². The number of amides is 1. The van der Waals surface area contributed by atoms with E-state index in [2.05, 4.69) is 11.9 Å². The average Bonchev–Trinajstić information content (AvgIpc) is 2.23. The van der Waals surface area contributed by atoms with Crippen LogP contribution >= 0.6 is 11.8 Å². The zero-order valence-electron chi connectivity index (χ0n) is 9.22. The van der Waals surface area contributed by atoms with Gasteiger partial charge in [-0.15, -0.1) is 18.3 Å². The normalized spacial score (nSPS) is 11.5. The second-order valence-electron chi connectivity index (χ2n) is 3.19. The number of aliphatic carboxylic acids is 2. The number of hydrogen-bond donors (Lipinski definition) is 3. The summed E-state index contributed by atoms with van der Waals surface area (Å²) in [7, 11) is 0. The number of nitrogens with one attached hydrogen (secondary N) is 1. The molecule has 0 aromatic rings. The minimum Gasteiger partial charge on any atom is -0.481 e. The van der Waals surface area contributed by atoms with Gasteiger partial charge in [0.15, 0.2) is 0 Å². The molecule has 3 N–H and O–H groups in total. The van der Waals surface area contributed by atoms with E-state index in [1.165, 1.54) is 11.8 Å². The zero-order valence-corrected chi connectivity index (χ0v) is 10.0. The van der Waals surface area contributed by atoms with Crippen LogP contribution in [0.3, 0.4) is 0 Å². The van der Waals surface area contributed by atoms with E-state index < -0.39 is 23.9 Å². The smallest absolute Gasteiger partial charge is 0.326 e. The minimum atomic E-state index is -1.23. The van der Waals surface area contributed by atoms with Gasteiger partial charge in [-0.05, 0) is 6.42 Å². The molecule has 17 heavy (non-hydrogen) atoms. The Morgan fingerprint density at radius 3 is 2.47 bits per heavy atom. The number of carbonyl (C=O) groups excluding carboxylic acids is 1. The Kier molecular flexibility index (Phi) is 7.87. The highest BCUT2D eigenvalue weighted by molar-refractivity contribution is 8.00. The van der Waals surface area contributed by atoms with Gasteiger partial charge in [-0.3, -0.25) is 9.59 Å². The molecule has 0 saturated heterocycles. The van der Waals surface area contributed by atoms with E-state index in [1.807, 2.05) is 0 Å². The summed E-state index contributed by atoms with van der Waals surface area (Å²) in [5.74, 6) is -2.02. The summed E-state index contributed by atoms with van der Waals surface area (Å²) in [6, 6.07) is -1.15. The van der Waals surface area contributed by atoms with Gasteiger partial charge in [0.1, 0.15) is 6.04 Å². The molecule has 1 unspecified atom stereocenters. The fourth-order valence-electron chi connectivity index (χ4n) is 0.996. The van der Waals surface area contributed by atoms with Gasteiger partial charge in [-0.2, -0.15) is 0 Å². The van der Waals surface area contributed by atoms with Crippen molar-refractivity contribution in [1.82, 2.24) is 5.32 Å². The van der Waals surface area contributed by atoms with E-state index in [0.29, 0.717) is 5.75 Å². The molecule has 0 spiro atoms. The van der Waals surface area contributed by atoms with Gasteiger partial charge in [0.25, 0.3) is 0 Å². The summed E-state index contributed by atoms with van der Waals surface area (Å²) < 4.78 is 0. The van der Waals surface area contributed by atoms with Gasteiger partial charge in [-0.25, -0.2) is 4.79 Å². The lowest BCUT2D eigenvalue weighted by molar-refractivity contribution is -0.142. The molecule has 0 aliphatic heterocycles. The molecule has 0 fully saturated rings. The van der Waals surface area contributed by atoms with Crippen molar-refractivity contribution in [3.8, 4) is 0 Å². The molecule has 0 radical (unpaired) electrons. The molecule has 0 aliphatic rings. The fraction of sp³-hybridized carbons (Fsp3) is 0.500. The average molecular weight is 261 g/mol. The maximum Gasteiger partial charge on any atom is 0.326 e. The standard InChI is InChI=1S/C10H15NO5S/c1-2-5-17-6-8(12)11-7(10(15)16)3-4-9(13)14/h2,7H,1,3-6H2,(H,11,12)(H,13,14)(H,15,16). The summed E-state index contributed by atoms with van der Waals surface area (Å²) in [5.41, 5.74) is 0. The number of carbonyl (C=O) groups is 3. The van der Waals surface area contributed by atoms with Crippen molar-refractivity contribution >= 4 is 29.6 Å². The zero-order chi connectivity index (χ0) is 13.3. The van der Waals surface area contributed by atoms with Crippen LogP contribution in [0.5, 0.6) is 0 Å². The van der Waals surface area contributed by atoms with Gasteiger partial charge in [-0.1, -0.05) is 6.08 Å². The Morgan fingerprint density at radius 1 is 1.35 bits per heavy atom. The second kappa shape index (κ2) is 8.63. The maximum absolute atomic E-state index is 11.3.